The third-order valence-electron chi connectivity index (χ3n) is 5.15. The maximum atomic E-state index is 13.3. The van der Waals surface area contributed by atoms with E-state index in [2.05, 4.69) is 4.98 Å². The van der Waals surface area contributed by atoms with Crippen molar-refractivity contribution in [3.8, 4) is 5.75 Å². The van der Waals surface area contributed by atoms with E-state index in [1.165, 1.54) is 0 Å². The van der Waals surface area contributed by atoms with Crippen LogP contribution in [-0.4, -0.2) is 47.6 Å². The van der Waals surface area contributed by atoms with Crippen LogP contribution in [0.4, 0.5) is 0 Å². The number of nitrogens with zero attached hydrogens (tertiary/aromatic N) is 1. The summed E-state index contributed by atoms with van der Waals surface area (Å²) in [7, 11) is -2.56. The average molecular weight is 365 g/mol. The van der Waals surface area contributed by atoms with E-state index < -0.39 is 7.04 Å². The van der Waals surface area contributed by atoms with Crippen molar-refractivity contribution >= 4 is 22.5 Å². The Morgan fingerprint density at radius 1 is 1.26 bits per heavy atom. The molecule has 1 aromatic heterocycles. The molecule has 4 rings (SSSR count). The largest absolute Gasteiger partial charge is 0.497 e. The standard InChI is InChI=1S/C22H22N2O3/c1-27-16-9-10-19-17(12-16)18(13-23-19)22(26)20-8-5-11-24(20)14-21(25)15-6-3-2-4-7-15/h2-4,6-7,9-10,12-13,20,23H,5,8,11,14H2,1H3/t20-/m1/s1/i1D3. The van der Waals surface area contributed by atoms with Crippen molar-refractivity contribution < 1.29 is 18.4 Å². The fourth-order valence-electron chi connectivity index (χ4n) is 3.76. The Bertz CT molecular complexity index is 1080. The summed E-state index contributed by atoms with van der Waals surface area (Å²) < 4.78 is 26.8. The Balaban J connectivity index is 1.56. The molecule has 0 spiro atoms. The van der Waals surface area contributed by atoms with E-state index >= 15 is 0 Å². The van der Waals surface area contributed by atoms with Gasteiger partial charge < -0.3 is 9.72 Å². The summed E-state index contributed by atoms with van der Waals surface area (Å²) in [4.78, 5) is 30.9. The lowest BCUT2D eigenvalue weighted by Gasteiger charge is -2.22. The highest BCUT2D eigenvalue weighted by molar-refractivity contribution is 6.11. The molecule has 1 fully saturated rings. The third kappa shape index (κ3) is 3.38. The molecule has 1 aliphatic heterocycles. The minimum absolute atomic E-state index is 0.0115. The van der Waals surface area contributed by atoms with Crippen LogP contribution in [0, 0.1) is 0 Å². The van der Waals surface area contributed by atoms with E-state index in [1.807, 2.05) is 23.1 Å². The van der Waals surface area contributed by atoms with Crippen molar-refractivity contribution in [2.24, 2.45) is 0 Å². The van der Waals surface area contributed by atoms with E-state index in [9.17, 15) is 9.59 Å². The summed E-state index contributed by atoms with van der Waals surface area (Å²) in [5, 5.41) is 0.614. The number of ketones is 2. The molecule has 0 aliphatic carbocycles. The van der Waals surface area contributed by atoms with Gasteiger partial charge in [0, 0.05) is 28.2 Å². The van der Waals surface area contributed by atoms with E-state index in [0.717, 1.165) is 11.9 Å². The first-order valence-corrected chi connectivity index (χ1v) is 8.98. The SMILES string of the molecule is [2H]C([2H])([2H])Oc1ccc2[nH]cc(C(=O)[C@H]3CCCN3CC(=O)c3ccccc3)c2c1. The summed E-state index contributed by atoms with van der Waals surface area (Å²) >= 11 is 0. The van der Waals surface area contributed by atoms with Gasteiger partial charge >= 0.3 is 0 Å². The summed E-state index contributed by atoms with van der Waals surface area (Å²) in [6.45, 7) is 0.876. The van der Waals surface area contributed by atoms with Crippen LogP contribution in [0.2, 0.25) is 0 Å². The quantitative estimate of drug-likeness (QED) is 0.677. The van der Waals surface area contributed by atoms with Gasteiger partial charge in [0.15, 0.2) is 11.6 Å². The molecular formula is C22H22N2O3. The molecular weight excluding hydrogens is 340 g/mol. The first-order chi connectivity index (χ1) is 14.3. The summed E-state index contributed by atoms with van der Waals surface area (Å²) in [6.07, 6.45) is 3.16. The predicted molar refractivity (Wildman–Crippen MR) is 105 cm³/mol. The highest BCUT2D eigenvalue weighted by Crippen LogP contribution is 2.28. The minimum atomic E-state index is -2.56. The second kappa shape index (κ2) is 7.37. The smallest absolute Gasteiger partial charge is 0.182 e. The van der Waals surface area contributed by atoms with Crippen molar-refractivity contribution in [1.82, 2.24) is 9.88 Å². The van der Waals surface area contributed by atoms with Crippen LogP contribution in [0.15, 0.2) is 54.7 Å². The zero-order valence-corrected chi connectivity index (χ0v) is 14.8. The van der Waals surface area contributed by atoms with E-state index in [4.69, 9.17) is 8.85 Å². The number of hydrogen-bond acceptors (Lipinski definition) is 4. The highest BCUT2D eigenvalue weighted by atomic mass is 16.5. The number of methoxy groups -OCH3 is 1. The third-order valence-corrected chi connectivity index (χ3v) is 5.15. The van der Waals surface area contributed by atoms with Gasteiger partial charge in [-0.25, -0.2) is 0 Å². The molecule has 5 nitrogen and oxygen atoms in total. The van der Waals surface area contributed by atoms with Crippen molar-refractivity contribution in [3.63, 3.8) is 0 Å². The number of H-pyrrole nitrogens is 1. The molecule has 0 amide bonds. The lowest BCUT2D eigenvalue weighted by atomic mass is 10.0. The summed E-state index contributed by atoms with van der Waals surface area (Å²) in [5.74, 6) is 0.0897. The fraction of sp³-hybridized carbons (Fsp3) is 0.273. The molecule has 0 bridgehead atoms. The average Bonchev–Trinajstić information content (AvgIpc) is 3.33. The number of hydrogen-bond donors (Lipinski definition) is 1. The summed E-state index contributed by atoms with van der Waals surface area (Å²) in [6, 6.07) is 13.5. The molecule has 27 heavy (non-hydrogen) atoms. The Hall–Kier alpha value is -2.92. The van der Waals surface area contributed by atoms with Gasteiger partial charge in [-0.2, -0.15) is 0 Å². The zero-order chi connectivity index (χ0) is 21.3. The van der Waals surface area contributed by atoms with Gasteiger partial charge in [-0.1, -0.05) is 30.3 Å². The number of benzene rings is 2. The normalized spacial score (nSPS) is 19.4. The molecule has 3 aromatic rings. The number of carbonyl (C=O) groups is 2. The van der Waals surface area contributed by atoms with Crippen molar-refractivity contribution in [3.05, 3.63) is 65.9 Å². The van der Waals surface area contributed by atoms with Crippen molar-refractivity contribution in [2.75, 3.05) is 20.1 Å². The van der Waals surface area contributed by atoms with Crippen LogP contribution in [0.1, 0.15) is 37.7 Å². The molecule has 1 atom stereocenters. The van der Waals surface area contributed by atoms with Crippen LogP contribution in [0.25, 0.3) is 10.9 Å². The first-order valence-electron chi connectivity index (χ1n) is 10.5. The van der Waals surface area contributed by atoms with Crippen LogP contribution in [0.5, 0.6) is 5.75 Å². The topological polar surface area (TPSA) is 62.4 Å². The number of fused-ring (bicyclic) bond motifs is 1. The number of aromatic nitrogens is 1. The highest BCUT2D eigenvalue weighted by Gasteiger charge is 2.33. The van der Waals surface area contributed by atoms with Gasteiger partial charge in [-0.05, 0) is 37.6 Å². The van der Waals surface area contributed by atoms with Crippen LogP contribution < -0.4 is 4.74 Å². The lowest BCUT2D eigenvalue weighted by Crippen LogP contribution is -2.39. The van der Waals surface area contributed by atoms with Crippen LogP contribution in [-0.2, 0) is 0 Å². The minimum Gasteiger partial charge on any atom is -0.497 e. The van der Waals surface area contributed by atoms with Gasteiger partial charge in [0.05, 0.1) is 23.7 Å². The van der Waals surface area contributed by atoms with Crippen LogP contribution >= 0.6 is 0 Å². The van der Waals surface area contributed by atoms with Crippen molar-refractivity contribution in [2.45, 2.75) is 18.9 Å². The van der Waals surface area contributed by atoms with Gasteiger partial charge in [0.25, 0.3) is 0 Å². The maximum Gasteiger partial charge on any atom is 0.182 e. The maximum absolute atomic E-state index is 13.3. The molecule has 138 valence electrons. The molecule has 2 aromatic carbocycles. The Labute approximate surface area is 162 Å². The summed E-state index contributed by atoms with van der Waals surface area (Å²) in [5.41, 5.74) is 1.83. The van der Waals surface area contributed by atoms with Gasteiger partial charge in [0.2, 0.25) is 0 Å². The van der Waals surface area contributed by atoms with Gasteiger partial charge in [0.1, 0.15) is 5.75 Å². The number of nitrogens with one attached hydrogen (secondary N) is 1. The van der Waals surface area contributed by atoms with Gasteiger partial charge in [-0.15, -0.1) is 0 Å². The Kier molecular flexibility index (Phi) is 3.87. The lowest BCUT2D eigenvalue weighted by molar-refractivity contribution is 0.0824. The first kappa shape index (κ1) is 14.2. The van der Waals surface area contributed by atoms with E-state index in [-0.39, 0.29) is 29.9 Å². The molecule has 0 unspecified atom stereocenters. The molecule has 1 saturated heterocycles. The molecule has 0 radical (unpaired) electrons. The molecule has 0 saturated carbocycles. The Morgan fingerprint density at radius 2 is 2.11 bits per heavy atom. The molecule has 2 heterocycles. The number of carbonyl (C=O) groups excluding carboxylic acids is 2. The number of aromatic amines is 1. The van der Waals surface area contributed by atoms with Gasteiger partial charge in [-0.3, -0.25) is 14.5 Å². The second-order valence-corrected chi connectivity index (χ2v) is 6.79. The second-order valence-electron chi connectivity index (χ2n) is 6.79. The molecule has 1 N–H and O–H groups in total. The molecule has 1 aliphatic rings. The number of Topliss-reactive ketones (excluding diaryl/α,β-unsaturated/α-hetero) is 2. The van der Waals surface area contributed by atoms with Crippen molar-refractivity contribution in [1.29, 1.82) is 0 Å². The number of rotatable bonds is 6. The van der Waals surface area contributed by atoms with Crippen LogP contribution in [0.3, 0.4) is 0 Å². The predicted octanol–water partition coefficient (Wildman–Crippen LogP) is 3.71. The van der Waals surface area contributed by atoms with E-state index in [0.29, 0.717) is 29.5 Å². The number of ether oxygens (including phenoxy) is 1. The molecule has 5 heteroatoms. The zero-order valence-electron chi connectivity index (χ0n) is 17.8. The fourth-order valence-corrected chi connectivity index (χ4v) is 3.76. The monoisotopic (exact) mass is 365 g/mol. The Morgan fingerprint density at radius 3 is 2.93 bits per heavy atom. The van der Waals surface area contributed by atoms with E-state index in [1.54, 1.807) is 36.5 Å². The number of likely N-dealkylation sites (tertiary alicyclic amines) is 1.